The molecule has 0 spiro atoms. The van der Waals surface area contributed by atoms with E-state index in [9.17, 15) is 9.90 Å². The standard InChI is InChI=1S/C14H17NO2/c1-4-14(2,17)13-11(9-16)10-7-5-6-8-12(10)15(13)3/h5-9,17H,4H2,1-3H3. The van der Waals surface area contributed by atoms with Gasteiger partial charge in [-0.15, -0.1) is 0 Å². The Hall–Kier alpha value is -1.61. The first kappa shape index (κ1) is 11.9. The topological polar surface area (TPSA) is 42.2 Å². The summed E-state index contributed by atoms with van der Waals surface area (Å²) in [7, 11) is 1.88. The number of fused-ring (bicyclic) bond motifs is 1. The predicted octanol–water partition coefficient (Wildman–Crippen LogP) is 2.61. The highest BCUT2D eigenvalue weighted by Crippen LogP contribution is 2.33. The fourth-order valence-corrected chi connectivity index (χ4v) is 2.36. The van der Waals surface area contributed by atoms with Gasteiger partial charge in [-0.25, -0.2) is 0 Å². The molecule has 0 saturated heterocycles. The largest absolute Gasteiger partial charge is 0.384 e. The Morgan fingerprint density at radius 2 is 2.06 bits per heavy atom. The van der Waals surface area contributed by atoms with Crippen molar-refractivity contribution in [3.8, 4) is 0 Å². The average Bonchev–Trinajstić information content (AvgIpc) is 2.63. The Kier molecular flexibility index (Phi) is 2.79. The summed E-state index contributed by atoms with van der Waals surface area (Å²) in [6.45, 7) is 3.65. The number of nitrogens with zero attached hydrogens (tertiary/aromatic N) is 1. The fourth-order valence-electron chi connectivity index (χ4n) is 2.36. The van der Waals surface area contributed by atoms with Crippen LogP contribution in [0.25, 0.3) is 10.9 Å². The van der Waals surface area contributed by atoms with Crippen LogP contribution in [-0.2, 0) is 12.6 Å². The molecule has 2 aromatic rings. The van der Waals surface area contributed by atoms with Gasteiger partial charge in [-0.1, -0.05) is 25.1 Å². The molecular formula is C14H17NO2. The summed E-state index contributed by atoms with van der Waals surface area (Å²) in [4.78, 5) is 11.3. The number of aldehydes is 1. The normalized spacial score (nSPS) is 14.8. The Bertz CT molecular complexity index is 567. The van der Waals surface area contributed by atoms with Gasteiger partial charge < -0.3 is 9.67 Å². The molecule has 1 aromatic heterocycles. The van der Waals surface area contributed by atoms with Gasteiger partial charge in [0, 0.05) is 23.5 Å². The van der Waals surface area contributed by atoms with Crippen molar-refractivity contribution in [1.82, 2.24) is 4.57 Å². The summed E-state index contributed by atoms with van der Waals surface area (Å²) in [6.07, 6.45) is 1.40. The summed E-state index contributed by atoms with van der Waals surface area (Å²) in [5.41, 5.74) is 1.27. The number of aryl methyl sites for hydroxylation is 1. The van der Waals surface area contributed by atoms with E-state index in [2.05, 4.69) is 0 Å². The molecule has 3 nitrogen and oxygen atoms in total. The van der Waals surface area contributed by atoms with Gasteiger partial charge >= 0.3 is 0 Å². The fraction of sp³-hybridized carbons (Fsp3) is 0.357. The summed E-state index contributed by atoms with van der Waals surface area (Å²) < 4.78 is 1.91. The molecule has 1 N–H and O–H groups in total. The van der Waals surface area contributed by atoms with Gasteiger partial charge in [0.15, 0.2) is 6.29 Å². The lowest BCUT2D eigenvalue weighted by molar-refractivity contribution is 0.0451. The molecule has 3 heteroatoms. The molecule has 0 amide bonds. The first-order chi connectivity index (χ1) is 8.03. The second-order valence-electron chi connectivity index (χ2n) is 4.58. The van der Waals surface area contributed by atoms with Gasteiger partial charge in [-0.3, -0.25) is 4.79 Å². The monoisotopic (exact) mass is 231 g/mol. The van der Waals surface area contributed by atoms with E-state index in [1.165, 1.54) is 0 Å². The summed E-state index contributed by atoms with van der Waals surface area (Å²) in [6, 6.07) is 7.70. The van der Waals surface area contributed by atoms with Crippen LogP contribution in [0.3, 0.4) is 0 Å². The molecule has 2 rings (SSSR count). The van der Waals surface area contributed by atoms with Gasteiger partial charge in [0.1, 0.15) is 5.60 Å². The maximum atomic E-state index is 11.3. The second-order valence-corrected chi connectivity index (χ2v) is 4.58. The smallest absolute Gasteiger partial charge is 0.152 e. The van der Waals surface area contributed by atoms with E-state index in [1.54, 1.807) is 6.92 Å². The van der Waals surface area contributed by atoms with E-state index < -0.39 is 5.60 Å². The number of carbonyl (C=O) groups excluding carboxylic acids is 1. The van der Waals surface area contributed by atoms with Gasteiger partial charge in [0.25, 0.3) is 0 Å². The van der Waals surface area contributed by atoms with Crippen LogP contribution in [0.2, 0.25) is 0 Å². The zero-order chi connectivity index (χ0) is 12.6. The predicted molar refractivity (Wildman–Crippen MR) is 68.2 cm³/mol. The van der Waals surface area contributed by atoms with Gasteiger partial charge in [-0.2, -0.15) is 0 Å². The molecule has 0 aliphatic rings. The molecule has 1 aromatic carbocycles. The van der Waals surface area contributed by atoms with Crippen LogP contribution in [0.15, 0.2) is 24.3 Å². The lowest BCUT2D eigenvalue weighted by atomic mass is 9.95. The first-order valence-electron chi connectivity index (χ1n) is 5.78. The van der Waals surface area contributed by atoms with Crippen molar-refractivity contribution in [3.63, 3.8) is 0 Å². The molecule has 1 atom stereocenters. The molecule has 90 valence electrons. The quantitative estimate of drug-likeness (QED) is 0.825. The van der Waals surface area contributed by atoms with E-state index in [0.717, 1.165) is 17.2 Å². The summed E-state index contributed by atoms with van der Waals surface area (Å²) in [5.74, 6) is 0. The third kappa shape index (κ3) is 1.67. The molecule has 1 heterocycles. The third-order valence-electron chi connectivity index (χ3n) is 3.46. The number of aliphatic hydroxyl groups is 1. The Morgan fingerprint density at radius 1 is 1.41 bits per heavy atom. The number of para-hydroxylation sites is 1. The second kappa shape index (κ2) is 4.00. The highest BCUT2D eigenvalue weighted by molar-refractivity contribution is 5.99. The van der Waals surface area contributed by atoms with Crippen LogP contribution < -0.4 is 0 Å². The molecule has 17 heavy (non-hydrogen) atoms. The number of hydrogen-bond acceptors (Lipinski definition) is 2. The van der Waals surface area contributed by atoms with E-state index in [-0.39, 0.29) is 0 Å². The van der Waals surface area contributed by atoms with Crippen molar-refractivity contribution in [2.24, 2.45) is 7.05 Å². The van der Waals surface area contributed by atoms with Crippen molar-refractivity contribution in [2.75, 3.05) is 0 Å². The SMILES string of the molecule is CCC(C)(O)c1c(C=O)c2ccccc2n1C. The van der Waals surface area contributed by atoms with Gasteiger partial charge in [0.05, 0.1) is 5.69 Å². The highest BCUT2D eigenvalue weighted by atomic mass is 16.3. The molecular weight excluding hydrogens is 214 g/mol. The Morgan fingerprint density at radius 3 is 2.65 bits per heavy atom. The summed E-state index contributed by atoms with van der Waals surface area (Å²) >= 11 is 0. The number of carbonyl (C=O) groups is 1. The molecule has 0 radical (unpaired) electrons. The minimum absolute atomic E-state index is 0.567. The molecule has 1 unspecified atom stereocenters. The van der Waals surface area contributed by atoms with E-state index >= 15 is 0 Å². The van der Waals surface area contributed by atoms with Crippen molar-refractivity contribution in [3.05, 3.63) is 35.5 Å². The summed E-state index contributed by atoms with van der Waals surface area (Å²) in [5, 5.41) is 11.3. The van der Waals surface area contributed by atoms with E-state index in [4.69, 9.17) is 0 Å². The van der Waals surface area contributed by atoms with Crippen LogP contribution in [0.1, 0.15) is 36.3 Å². The number of benzene rings is 1. The first-order valence-corrected chi connectivity index (χ1v) is 5.78. The van der Waals surface area contributed by atoms with Crippen LogP contribution >= 0.6 is 0 Å². The van der Waals surface area contributed by atoms with Crippen molar-refractivity contribution in [1.29, 1.82) is 0 Å². The zero-order valence-corrected chi connectivity index (χ0v) is 10.4. The number of aromatic nitrogens is 1. The minimum Gasteiger partial charge on any atom is -0.384 e. The third-order valence-corrected chi connectivity index (χ3v) is 3.46. The number of rotatable bonds is 3. The van der Waals surface area contributed by atoms with Crippen molar-refractivity contribution < 1.29 is 9.90 Å². The lowest BCUT2D eigenvalue weighted by Crippen LogP contribution is -2.24. The average molecular weight is 231 g/mol. The Labute approximate surface area is 101 Å². The lowest BCUT2D eigenvalue weighted by Gasteiger charge is -2.23. The zero-order valence-electron chi connectivity index (χ0n) is 10.4. The van der Waals surface area contributed by atoms with Gasteiger partial charge in [0.2, 0.25) is 0 Å². The van der Waals surface area contributed by atoms with E-state index in [0.29, 0.717) is 17.7 Å². The van der Waals surface area contributed by atoms with E-state index in [1.807, 2.05) is 42.8 Å². The van der Waals surface area contributed by atoms with Crippen LogP contribution in [-0.4, -0.2) is 16.0 Å². The molecule has 0 aliphatic carbocycles. The van der Waals surface area contributed by atoms with Gasteiger partial charge in [-0.05, 0) is 19.4 Å². The molecule has 0 bridgehead atoms. The van der Waals surface area contributed by atoms with Crippen molar-refractivity contribution >= 4 is 17.2 Å². The molecule has 0 aliphatic heterocycles. The maximum Gasteiger partial charge on any atom is 0.152 e. The minimum atomic E-state index is -0.982. The maximum absolute atomic E-state index is 11.3. The molecule has 0 saturated carbocycles. The van der Waals surface area contributed by atoms with Crippen molar-refractivity contribution in [2.45, 2.75) is 25.9 Å². The van der Waals surface area contributed by atoms with Crippen LogP contribution in [0.5, 0.6) is 0 Å². The highest BCUT2D eigenvalue weighted by Gasteiger charge is 2.29. The number of hydrogen-bond donors (Lipinski definition) is 1. The molecule has 0 fully saturated rings. The van der Waals surface area contributed by atoms with Crippen LogP contribution in [0.4, 0.5) is 0 Å². The van der Waals surface area contributed by atoms with Crippen LogP contribution in [0, 0.1) is 0 Å². The Balaban J connectivity index is 2.87.